The SMILES string of the molecule is Cc1cccc(OCCn2cc(CNCC(C)C)nn2)c1. The summed E-state index contributed by atoms with van der Waals surface area (Å²) >= 11 is 0. The van der Waals surface area contributed by atoms with Gasteiger partial charge < -0.3 is 10.1 Å². The Morgan fingerprint density at radius 2 is 2.19 bits per heavy atom. The zero-order chi connectivity index (χ0) is 15.1. The predicted octanol–water partition coefficient (Wildman–Crippen LogP) is 2.41. The lowest BCUT2D eigenvalue weighted by Gasteiger charge is -2.06. The van der Waals surface area contributed by atoms with Crippen molar-refractivity contribution in [2.75, 3.05) is 13.2 Å². The normalized spacial score (nSPS) is 11.0. The third kappa shape index (κ3) is 5.55. The van der Waals surface area contributed by atoms with Crippen molar-refractivity contribution in [1.29, 1.82) is 0 Å². The second-order valence-corrected chi connectivity index (χ2v) is 5.66. The number of nitrogens with one attached hydrogen (secondary N) is 1. The lowest BCUT2D eigenvalue weighted by Crippen LogP contribution is -2.19. The Morgan fingerprint density at radius 1 is 1.33 bits per heavy atom. The van der Waals surface area contributed by atoms with E-state index in [9.17, 15) is 0 Å². The van der Waals surface area contributed by atoms with Crippen molar-refractivity contribution in [3.8, 4) is 5.75 Å². The summed E-state index contributed by atoms with van der Waals surface area (Å²) in [4.78, 5) is 0. The van der Waals surface area contributed by atoms with E-state index < -0.39 is 0 Å². The smallest absolute Gasteiger partial charge is 0.119 e. The summed E-state index contributed by atoms with van der Waals surface area (Å²) in [5.41, 5.74) is 2.16. The van der Waals surface area contributed by atoms with Crippen LogP contribution in [0, 0.1) is 12.8 Å². The molecule has 0 aliphatic rings. The standard InChI is InChI=1S/C16H24N4O/c1-13(2)10-17-11-15-12-20(19-18-15)7-8-21-16-6-4-5-14(3)9-16/h4-6,9,12-13,17H,7-8,10-11H2,1-3H3. The fraction of sp³-hybridized carbons (Fsp3) is 0.500. The Morgan fingerprint density at radius 3 is 2.95 bits per heavy atom. The number of nitrogens with zero attached hydrogens (tertiary/aromatic N) is 3. The quantitative estimate of drug-likeness (QED) is 0.810. The van der Waals surface area contributed by atoms with E-state index in [2.05, 4.69) is 42.5 Å². The maximum atomic E-state index is 5.71. The molecule has 0 spiro atoms. The molecule has 114 valence electrons. The van der Waals surface area contributed by atoms with Gasteiger partial charge in [0.2, 0.25) is 0 Å². The van der Waals surface area contributed by atoms with Crippen LogP contribution in [-0.4, -0.2) is 28.1 Å². The van der Waals surface area contributed by atoms with E-state index in [1.807, 2.05) is 29.1 Å². The zero-order valence-corrected chi connectivity index (χ0v) is 13.0. The topological polar surface area (TPSA) is 52.0 Å². The monoisotopic (exact) mass is 288 g/mol. The van der Waals surface area contributed by atoms with Crippen LogP contribution in [0.1, 0.15) is 25.1 Å². The number of ether oxygens (including phenoxy) is 1. The van der Waals surface area contributed by atoms with Crippen LogP contribution >= 0.6 is 0 Å². The van der Waals surface area contributed by atoms with Crippen molar-refractivity contribution in [1.82, 2.24) is 20.3 Å². The molecule has 0 unspecified atom stereocenters. The number of hydrogen-bond donors (Lipinski definition) is 1. The van der Waals surface area contributed by atoms with Crippen LogP contribution in [0.25, 0.3) is 0 Å². The van der Waals surface area contributed by atoms with Crippen molar-refractivity contribution in [3.63, 3.8) is 0 Å². The van der Waals surface area contributed by atoms with Gasteiger partial charge in [-0.2, -0.15) is 0 Å². The molecular formula is C16H24N4O. The molecule has 0 saturated heterocycles. The summed E-state index contributed by atoms with van der Waals surface area (Å²) in [6.07, 6.45) is 1.97. The molecule has 1 heterocycles. The van der Waals surface area contributed by atoms with Crippen molar-refractivity contribution >= 4 is 0 Å². The molecule has 1 aromatic carbocycles. The van der Waals surface area contributed by atoms with Crippen molar-refractivity contribution in [2.45, 2.75) is 33.9 Å². The number of hydrogen-bond acceptors (Lipinski definition) is 4. The highest BCUT2D eigenvalue weighted by molar-refractivity contribution is 5.27. The molecule has 2 rings (SSSR count). The van der Waals surface area contributed by atoms with Gasteiger partial charge in [0, 0.05) is 12.7 Å². The summed E-state index contributed by atoms with van der Waals surface area (Å²) in [6, 6.07) is 8.05. The molecule has 0 aliphatic heterocycles. The second-order valence-electron chi connectivity index (χ2n) is 5.66. The van der Waals surface area contributed by atoms with Gasteiger partial charge in [-0.3, -0.25) is 0 Å². The fourth-order valence-corrected chi connectivity index (χ4v) is 1.98. The Kier molecular flexibility index (Phi) is 5.75. The molecule has 0 amide bonds. The Hall–Kier alpha value is -1.88. The molecular weight excluding hydrogens is 264 g/mol. The summed E-state index contributed by atoms with van der Waals surface area (Å²) < 4.78 is 7.53. The van der Waals surface area contributed by atoms with Crippen LogP contribution in [0.15, 0.2) is 30.5 Å². The van der Waals surface area contributed by atoms with Gasteiger partial charge >= 0.3 is 0 Å². The van der Waals surface area contributed by atoms with Crippen LogP contribution in [0.3, 0.4) is 0 Å². The van der Waals surface area contributed by atoms with E-state index in [0.717, 1.165) is 24.5 Å². The highest BCUT2D eigenvalue weighted by atomic mass is 16.5. The fourth-order valence-electron chi connectivity index (χ4n) is 1.98. The summed E-state index contributed by atoms with van der Waals surface area (Å²) in [7, 11) is 0. The first kappa shape index (κ1) is 15.5. The van der Waals surface area contributed by atoms with Gasteiger partial charge in [-0.1, -0.05) is 31.2 Å². The molecule has 1 N–H and O–H groups in total. The number of rotatable bonds is 8. The predicted molar refractivity (Wildman–Crippen MR) is 83.2 cm³/mol. The minimum absolute atomic E-state index is 0.589. The molecule has 5 nitrogen and oxygen atoms in total. The third-order valence-corrected chi connectivity index (χ3v) is 3.02. The van der Waals surface area contributed by atoms with Gasteiger partial charge in [0.1, 0.15) is 12.4 Å². The van der Waals surface area contributed by atoms with Crippen LogP contribution in [-0.2, 0) is 13.1 Å². The first-order chi connectivity index (χ1) is 10.1. The maximum Gasteiger partial charge on any atom is 0.119 e. The average Bonchev–Trinajstić information content (AvgIpc) is 2.86. The summed E-state index contributed by atoms with van der Waals surface area (Å²) in [5.74, 6) is 1.54. The number of aromatic nitrogens is 3. The first-order valence-electron chi connectivity index (χ1n) is 7.42. The zero-order valence-electron chi connectivity index (χ0n) is 13.0. The molecule has 0 aliphatic carbocycles. The van der Waals surface area contributed by atoms with Crippen molar-refractivity contribution in [3.05, 3.63) is 41.7 Å². The van der Waals surface area contributed by atoms with Gasteiger partial charge in [0.25, 0.3) is 0 Å². The van der Waals surface area contributed by atoms with Gasteiger partial charge in [-0.25, -0.2) is 4.68 Å². The molecule has 1 aromatic heterocycles. The highest BCUT2D eigenvalue weighted by Crippen LogP contribution is 2.12. The van der Waals surface area contributed by atoms with E-state index in [1.54, 1.807) is 0 Å². The molecule has 0 atom stereocenters. The molecule has 2 aromatic rings. The summed E-state index contributed by atoms with van der Waals surface area (Å²) in [5, 5.41) is 11.6. The van der Waals surface area contributed by atoms with E-state index in [1.165, 1.54) is 5.56 Å². The first-order valence-corrected chi connectivity index (χ1v) is 7.42. The van der Waals surface area contributed by atoms with E-state index in [4.69, 9.17) is 4.74 Å². The van der Waals surface area contributed by atoms with Crippen LogP contribution in [0.2, 0.25) is 0 Å². The average molecular weight is 288 g/mol. The van der Waals surface area contributed by atoms with Crippen LogP contribution in [0.4, 0.5) is 0 Å². The van der Waals surface area contributed by atoms with Crippen molar-refractivity contribution < 1.29 is 4.74 Å². The van der Waals surface area contributed by atoms with Gasteiger partial charge in [-0.05, 0) is 37.1 Å². The molecule has 0 bridgehead atoms. The summed E-state index contributed by atoms with van der Waals surface area (Å²) in [6.45, 7) is 9.47. The van der Waals surface area contributed by atoms with Crippen molar-refractivity contribution in [2.24, 2.45) is 5.92 Å². The van der Waals surface area contributed by atoms with Gasteiger partial charge in [-0.15, -0.1) is 5.10 Å². The van der Waals surface area contributed by atoms with Gasteiger partial charge in [0.05, 0.1) is 12.2 Å². The van der Waals surface area contributed by atoms with Crippen LogP contribution in [0.5, 0.6) is 5.75 Å². The molecule has 0 radical (unpaired) electrons. The Labute approximate surface area is 126 Å². The Bertz CT molecular complexity index is 551. The molecule has 0 saturated carbocycles. The molecule has 0 fully saturated rings. The third-order valence-electron chi connectivity index (χ3n) is 3.02. The van der Waals surface area contributed by atoms with E-state index in [0.29, 0.717) is 19.1 Å². The Balaban J connectivity index is 1.72. The van der Waals surface area contributed by atoms with Gasteiger partial charge in [0.15, 0.2) is 0 Å². The number of benzene rings is 1. The minimum atomic E-state index is 0.589. The van der Waals surface area contributed by atoms with E-state index >= 15 is 0 Å². The van der Waals surface area contributed by atoms with Crippen LogP contribution < -0.4 is 10.1 Å². The maximum absolute atomic E-state index is 5.71. The largest absolute Gasteiger partial charge is 0.492 e. The van der Waals surface area contributed by atoms with E-state index in [-0.39, 0.29) is 0 Å². The lowest BCUT2D eigenvalue weighted by molar-refractivity contribution is 0.289. The molecule has 5 heteroatoms. The highest BCUT2D eigenvalue weighted by Gasteiger charge is 2.02. The second kappa shape index (κ2) is 7.78. The minimum Gasteiger partial charge on any atom is -0.492 e. The molecule has 21 heavy (non-hydrogen) atoms. The lowest BCUT2D eigenvalue weighted by atomic mass is 10.2. The number of aryl methyl sites for hydroxylation is 1.